The molecular formula is C20H25ClN2O3S. The third kappa shape index (κ3) is 4.51. The molecule has 0 bridgehead atoms. The van der Waals surface area contributed by atoms with E-state index in [1.807, 2.05) is 32.0 Å². The number of hydrogen-bond acceptors (Lipinski definition) is 3. The van der Waals surface area contributed by atoms with Gasteiger partial charge in [0.1, 0.15) is 0 Å². The van der Waals surface area contributed by atoms with Gasteiger partial charge in [-0.25, -0.2) is 12.7 Å². The quantitative estimate of drug-likeness (QED) is 0.729. The van der Waals surface area contributed by atoms with Crippen molar-refractivity contribution in [2.75, 3.05) is 20.6 Å². The zero-order valence-electron chi connectivity index (χ0n) is 16.3. The number of aryl methyl sites for hydroxylation is 1. The zero-order chi connectivity index (χ0) is 20.4. The van der Waals surface area contributed by atoms with Gasteiger partial charge in [-0.05, 0) is 55.7 Å². The number of rotatable bonds is 6. The fourth-order valence-corrected chi connectivity index (χ4v) is 4.17. The Bertz CT molecular complexity index is 956. The maximum Gasteiger partial charge on any atom is 0.254 e. The van der Waals surface area contributed by atoms with Crippen LogP contribution in [0.4, 0.5) is 0 Å². The largest absolute Gasteiger partial charge is 0.335 e. The molecule has 0 aromatic heterocycles. The highest BCUT2D eigenvalue weighted by atomic mass is 35.5. The van der Waals surface area contributed by atoms with Crippen LogP contribution in [0.1, 0.15) is 34.0 Å². The Labute approximate surface area is 166 Å². The number of amides is 1. The number of sulfonamides is 1. The topological polar surface area (TPSA) is 57.7 Å². The number of nitrogens with zero attached hydrogens (tertiary/aromatic N) is 2. The molecule has 27 heavy (non-hydrogen) atoms. The van der Waals surface area contributed by atoms with Gasteiger partial charge in [0, 0.05) is 37.8 Å². The van der Waals surface area contributed by atoms with E-state index >= 15 is 0 Å². The fraction of sp³-hybridized carbons (Fsp3) is 0.350. The molecule has 0 unspecified atom stereocenters. The van der Waals surface area contributed by atoms with Crippen molar-refractivity contribution in [2.24, 2.45) is 0 Å². The van der Waals surface area contributed by atoms with Gasteiger partial charge in [-0.1, -0.05) is 29.8 Å². The summed E-state index contributed by atoms with van der Waals surface area (Å²) >= 11 is 6.22. The van der Waals surface area contributed by atoms with E-state index in [0.717, 1.165) is 15.4 Å². The predicted octanol–water partition coefficient (Wildman–Crippen LogP) is 3.87. The summed E-state index contributed by atoms with van der Waals surface area (Å²) in [6.45, 7) is 6.28. The first-order valence-corrected chi connectivity index (χ1v) is 10.5. The summed E-state index contributed by atoms with van der Waals surface area (Å²) < 4.78 is 26.4. The minimum Gasteiger partial charge on any atom is -0.335 e. The summed E-state index contributed by atoms with van der Waals surface area (Å²) in [7, 11) is -0.682. The second-order valence-corrected chi connectivity index (χ2v) is 9.14. The lowest BCUT2D eigenvalue weighted by molar-refractivity contribution is 0.0752. The third-order valence-corrected chi connectivity index (χ3v) is 6.92. The van der Waals surface area contributed by atoms with Crippen LogP contribution in [0.2, 0.25) is 5.02 Å². The van der Waals surface area contributed by atoms with Gasteiger partial charge < -0.3 is 4.90 Å². The van der Waals surface area contributed by atoms with Gasteiger partial charge in [0.25, 0.3) is 5.91 Å². The summed E-state index contributed by atoms with van der Waals surface area (Å²) in [5, 5.41) is 0.597. The SMILES string of the molecule is CCN(Cc1ccccc1Cl)C(=O)c1cc(C)c(C)c(S(=O)(=O)N(C)C)c1. The van der Waals surface area contributed by atoms with E-state index in [1.165, 1.54) is 20.2 Å². The van der Waals surface area contributed by atoms with Crippen LogP contribution >= 0.6 is 11.6 Å². The highest BCUT2D eigenvalue weighted by Gasteiger charge is 2.24. The van der Waals surface area contributed by atoms with Gasteiger partial charge >= 0.3 is 0 Å². The average molecular weight is 409 g/mol. The molecule has 0 aliphatic heterocycles. The molecule has 146 valence electrons. The Morgan fingerprint density at radius 3 is 2.30 bits per heavy atom. The van der Waals surface area contributed by atoms with E-state index < -0.39 is 10.0 Å². The lowest BCUT2D eigenvalue weighted by Gasteiger charge is -2.23. The standard InChI is InChI=1S/C20H25ClN2O3S/c1-6-23(13-16-9-7-8-10-18(16)21)20(24)17-11-14(2)15(3)19(12-17)27(25,26)22(4)5/h7-12H,6,13H2,1-5H3. The van der Waals surface area contributed by atoms with Crippen molar-refractivity contribution in [2.45, 2.75) is 32.2 Å². The average Bonchev–Trinajstić information content (AvgIpc) is 2.62. The zero-order valence-corrected chi connectivity index (χ0v) is 17.9. The van der Waals surface area contributed by atoms with E-state index in [-0.39, 0.29) is 10.8 Å². The molecule has 2 aromatic carbocycles. The third-order valence-electron chi connectivity index (χ3n) is 4.61. The minimum absolute atomic E-state index is 0.157. The molecule has 7 heteroatoms. The first-order valence-electron chi connectivity index (χ1n) is 8.66. The van der Waals surface area contributed by atoms with Crippen LogP contribution in [0.3, 0.4) is 0 Å². The Morgan fingerprint density at radius 1 is 1.11 bits per heavy atom. The summed E-state index contributed by atoms with van der Waals surface area (Å²) in [5.74, 6) is -0.226. The van der Waals surface area contributed by atoms with Gasteiger partial charge in [0.15, 0.2) is 0 Å². The summed E-state index contributed by atoms with van der Waals surface area (Å²) in [4.78, 5) is 14.9. The highest BCUT2D eigenvalue weighted by molar-refractivity contribution is 7.89. The normalized spacial score (nSPS) is 11.7. The van der Waals surface area contributed by atoms with Gasteiger partial charge in [0.05, 0.1) is 4.90 Å². The van der Waals surface area contributed by atoms with Crippen LogP contribution in [0.15, 0.2) is 41.3 Å². The smallest absolute Gasteiger partial charge is 0.254 e. The van der Waals surface area contributed by atoms with Crippen LogP contribution in [-0.2, 0) is 16.6 Å². The van der Waals surface area contributed by atoms with E-state index in [2.05, 4.69) is 0 Å². The van der Waals surface area contributed by atoms with E-state index in [4.69, 9.17) is 11.6 Å². The second-order valence-electron chi connectivity index (χ2n) is 6.61. The highest BCUT2D eigenvalue weighted by Crippen LogP contribution is 2.25. The van der Waals surface area contributed by atoms with Crippen LogP contribution in [0.5, 0.6) is 0 Å². The molecule has 1 amide bonds. The Balaban J connectivity index is 2.46. The maximum absolute atomic E-state index is 13.1. The number of carbonyl (C=O) groups is 1. The molecule has 0 aliphatic rings. The number of halogens is 1. The maximum atomic E-state index is 13.1. The van der Waals surface area contributed by atoms with Crippen LogP contribution in [0, 0.1) is 13.8 Å². The number of carbonyl (C=O) groups excluding carboxylic acids is 1. The number of hydrogen-bond donors (Lipinski definition) is 0. The lowest BCUT2D eigenvalue weighted by Crippen LogP contribution is -2.31. The second kappa shape index (κ2) is 8.42. The Morgan fingerprint density at radius 2 is 1.74 bits per heavy atom. The van der Waals surface area contributed by atoms with Gasteiger partial charge in [-0.15, -0.1) is 0 Å². The van der Waals surface area contributed by atoms with E-state index in [0.29, 0.717) is 29.2 Å². The first kappa shape index (κ1) is 21.4. The van der Waals surface area contributed by atoms with Gasteiger partial charge in [-0.3, -0.25) is 4.79 Å². The van der Waals surface area contributed by atoms with E-state index in [9.17, 15) is 13.2 Å². The first-order chi connectivity index (χ1) is 12.6. The number of benzene rings is 2. The lowest BCUT2D eigenvalue weighted by atomic mass is 10.0. The van der Waals surface area contributed by atoms with E-state index in [1.54, 1.807) is 24.0 Å². The molecule has 0 saturated heterocycles. The van der Waals surface area contributed by atoms with Crippen LogP contribution in [0.25, 0.3) is 0 Å². The van der Waals surface area contributed by atoms with Crippen molar-refractivity contribution in [3.05, 3.63) is 63.7 Å². The molecule has 0 N–H and O–H groups in total. The van der Waals surface area contributed by atoms with Crippen molar-refractivity contribution in [1.82, 2.24) is 9.21 Å². The molecule has 0 heterocycles. The molecule has 2 rings (SSSR count). The molecule has 0 aliphatic carbocycles. The van der Waals surface area contributed by atoms with Crippen LogP contribution < -0.4 is 0 Å². The van der Waals surface area contributed by atoms with Crippen molar-refractivity contribution in [1.29, 1.82) is 0 Å². The summed E-state index contributed by atoms with van der Waals surface area (Å²) in [6.07, 6.45) is 0. The molecule has 0 atom stereocenters. The van der Waals surface area contributed by atoms with Crippen molar-refractivity contribution in [3.8, 4) is 0 Å². The van der Waals surface area contributed by atoms with Crippen molar-refractivity contribution in [3.63, 3.8) is 0 Å². The predicted molar refractivity (Wildman–Crippen MR) is 109 cm³/mol. The van der Waals surface area contributed by atoms with Gasteiger partial charge in [0.2, 0.25) is 10.0 Å². The Kier molecular flexibility index (Phi) is 6.68. The molecular weight excluding hydrogens is 384 g/mol. The molecule has 2 aromatic rings. The molecule has 0 spiro atoms. The molecule has 0 radical (unpaired) electrons. The van der Waals surface area contributed by atoms with Crippen molar-refractivity contribution < 1.29 is 13.2 Å². The molecule has 5 nitrogen and oxygen atoms in total. The van der Waals surface area contributed by atoms with Crippen molar-refractivity contribution >= 4 is 27.5 Å². The minimum atomic E-state index is -3.64. The van der Waals surface area contributed by atoms with Crippen LogP contribution in [-0.4, -0.2) is 44.2 Å². The fourth-order valence-electron chi connectivity index (χ4n) is 2.76. The monoisotopic (exact) mass is 408 g/mol. The molecule has 0 saturated carbocycles. The summed E-state index contributed by atoms with van der Waals surface area (Å²) in [5.41, 5.74) is 2.61. The molecule has 0 fully saturated rings. The Hall–Kier alpha value is -1.89. The van der Waals surface area contributed by atoms with Gasteiger partial charge in [-0.2, -0.15) is 0 Å². The summed E-state index contributed by atoms with van der Waals surface area (Å²) in [6, 6.07) is 10.6.